The summed E-state index contributed by atoms with van der Waals surface area (Å²) < 4.78 is 12.5. The van der Waals surface area contributed by atoms with Gasteiger partial charge in [0.05, 0.1) is 0 Å². The topological polar surface area (TPSA) is 18.5 Å². The molecule has 0 bridgehead atoms. The molecule has 0 amide bonds. The first-order valence-electron chi connectivity index (χ1n) is 17.8. The maximum absolute atomic E-state index is 6.23. The summed E-state index contributed by atoms with van der Waals surface area (Å²) >= 11 is 0. The van der Waals surface area contributed by atoms with Crippen LogP contribution in [0.5, 0.6) is 0 Å². The van der Waals surface area contributed by atoms with E-state index in [4.69, 9.17) is 9.47 Å². The second-order valence-corrected chi connectivity index (χ2v) is 13.7. The summed E-state index contributed by atoms with van der Waals surface area (Å²) in [5.41, 5.74) is 4.40. The fraction of sp³-hybridized carbons (Fsp3) is 0.789. The second kappa shape index (κ2) is 30.6. The summed E-state index contributed by atoms with van der Waals surface area (Å²) in [6, 6.07) is 4.63. The van der Waals surface area contributed by atoms with Gasteiger partial charge in [0.1, 0.15) is 0 Å². The molecular formula is C38H70ClO2P. The number of allylic oxidation sites excluding steroid dienone is 2. The lowest BCUT2D eigenvalue weighted by molar-refractivity contribution is -0.148. The van der Waals surface area contributed by atoms with Crippen LogP contribution in [0.3, 0.4) is 0 Å². The van der Waals surface area contributed by atoms with Crippen molar-refractivity contribution in [2.75, 3.05) is 19.4 Å². The van der Waals surface area contributed by atoms with Gasteiger partial charge in [0.2, 0.25) is 0 Å². The van der Waals surface area contributed by atoms with E-state index in [0.29, 0.717) is 0 Å². The van der Waals surface area contributed by atoms with Gasteiger partial charge in [0.15, 0.2) is 6.29 Å². The molecule has 0 aliphatic carbocycles. The van der Waals surface area contributed by atoms with Crippen LogP contribution in [0.1, 0.15) is 165 Å². The Hall–Kier alpha value is -0.400. The third kappa shape index (κ3) is 23.0. The number of unbranched alkanes of at least 4 members (excludes halogenated alkanes) is 16. The lowest BCUT2D eigenvalue weighted by atomic mass is 10.1. The molecule has 42 heavy (non-hydrogen) atoms. The molecule has 0 heterocycles. The zero-order valence-corrected chi connectivity index (χ0v) is 30.4. The molecule has 246 valence electrons. The molecule has 1 aromatic carbocycles. The van der Waals surface area contributed by atoms with E-state index in [2.05, 4.69) is 58.9 Å². The van der Waals surface area contributed by atoms with E-state index >= 15 is 0 Å². The number of benzene rings is 1. The third-order valence-electron chi connectivity index (χ3n) is 8.50. The molecule has 1 aromatic rings. The van der Waals surface area contributed by atoms with Crippen molar-refractivity contribution in [2.45, 2.75) is 176 Å². The Labute approximate surface area is 271 Å². The largest absolute Gasteiger partial charge is 0.353 e. The van der Waals surface area contributed by atoms with Gasteiger partial charge in [-0.3, -0.25) is 0 Å². The number of ether oxygens (including phenoxy) is 2. The molecule has 0 radical (unpaired) electrons. The average Bonchev–Trinajstić information content (AvgIpc) is 2.97. The van der Waals surface area contributed by atoms with Crippen LogP contribution >= 0.6 is 21.0 Å². The third-order valence-corrected chi connectivity index (χ3v) is 10.0. The molecule has 0 spiro atoms. The molecule has 2 nitrogen and oxygen atoms in total. The molecule has 0 aliphatic heterocycles. The number of rotatable bonds is 29. The Morgan fingerprint density at radius 1 is 0.595 bits per heavy atom. The number of aryl methyl sites for hydroxylation is 1. The van der Waals surface area contributed by atoms with Gasteiger partial charge in [-0.25, -0.2) is 0 Å². The van der Waals surface area contributed by atoms with E-state index in [1.165, 1.54) is 151 Å². The van der Waals surface area contributed by atoms with Crippen LogP contribution in [-0.2, 0) is 9.47 Å². The van der Waals surface area contributed by atoms with Crippen molar-refractivity contribution in [3.8, 4) is 0 Å². The minimum Gasteiger partial charge on any atom is -0.353 e. The fourth-order valence-electron chi connectivity index (χ4n) is 5.34. The highest BCUT2D eigenvalue weighted by Gasteiger charge is 2.09. The maximum Gasteiger partial charge on any atom is 0.157 e. The first-order chi connectivity index (χ1) is 20.1. The summed E-state index contributed by atoms with van der Waals surface area (Å²) in [6.07, 6.45) is 33.3. The number of hydrogen-bond donors (Lipinski definition) is 0. The molecule has 0 saturated carbocycles. The van der Waals surface area contributed by atoms with Gasteiger partial charge >= 0.3 is 0 Å². The summed E-state index contributed by atoms with van der Waals surface area (Å²) in [5.74, 6) is 0. The van der Waals surface area contributed by atoms with Crippen molar-refractivity contribution in [1.82, 2.24) is 0 Å². The van der Waals surface area contributed by atoms with Crippen molar-refractivity contribution in [1.29, 1.82) is 0 Å². The van der Waals surface area contributed by atoms with E-state index < -0.39 is 0 Å². The Morgan fingerprint density at radius 2 is 1.10 bits per heavy atom. The van der Waals surface area contributed by atoms with Crippen molar-refractivity contribution < 1.29 is 9.47 Å². The van der Waals surface area contributed by atoms with E-state index in [-0.39, 0.29) is 18.7 Å². The lowest BCUT2D eigenvalue weighted by Crippen LogP contribution is -2.19. The first-order valence-corrected chi connectivity index (χ1v) is 19.0. The average molecular weight is 625 g/mol. The number of halogens is 1. The van der Waals surface area contributed by atoms with E-state index in [1.54, 1.807) is 5.30 Å². The van der Waals surface area contributed by atoms with Gasteiger partial charge < -0.3 is 9.47 Å². The molecule has 0 aromatic heterocycles. The Balaban J connectivity index is 0.0000168. The highest BCUT2D eigenvalue weighted by atomic mass is 35.5. The smallest absolute Gasteiger partial charge is 0.157 e. The number of hydrogen-bond acceptors (Lipinski definition) is 2. The van der Waals surface area contributed by atoms with Crippen LogP contribution in [0.2, 0.25) is 0 Å². The molecular weight excluding hydrogens is 555 g/mol. The minimum atomic E-state index is 0. The minimum absolute atomic E-state index is 0. The van der Waals surface area contributed by atoms with Crippen LogP contribution in [0.15, 0.2) is 24.3 Å². The van der Waals surface area contributed by atoms with Gasteiger partial charge in [-0.1, -0.05) is 130 Å². The predicted molar refractivity (Wildman–Crippen MR) is 194 cm³/mol. The van der Waals surface area contributed by atoms with Crippen molar-refractivity contribution in [2.24, 2.45) is 0 Å². The zero-order chi connectivity index (χ0) is 29.8. The van der Waals surface area contributed by atoms with Gasteiger partial charge in [-0.2, -0.15) is 0 Å². The maximum atomic E-state index is 6.23. The standard InChI is InChI=1S/C38H69O2P.ClH/c1-6-8-10-12-17-21-25-31-39-38(40-32-26-22-18-13-11-9-7-2)28-24-20-16-14-15-19-23-27-33-41-37-30-29-34(3)35(4)36(37)5;/h15,19,29-30,38,41H,6-14,16-18,20-28,31-33H2,1-5H3;1H. The van der Waals surface area contributed by atoms with Gasteiger partial charge in [-0.15, -0.1) is 12.4 Å². The predicted octanol–water partition coefficient (Wildman–Crippen LogP) is 12.5. The van der Waals surface area contributed by atoms with Gasteiger partial charge in [-0.05, 0) is 100 Å². The Bertz CT molecular complexity index is 731. The second-order valence-electron chi connectivity index (χ2n) is 12.3. The Kier molecular flexibility index (Phi) is 30.3. The lowest BCUT2D eigenvalue weighted by Gasteiger charge is -2.19. The molecule has 0 saturated heterocycles. The SMILES string of the molecule is CCCCCCCCCOC(CCCCCC=CCCCPc1ccc(C)c(C)c1C)OCCCCCCCCC.Cl. The molecule has 4 heteroatoms. The Morgan fingerprint density at radius 3 is 1.67 bits per heavy atom. The fourth-order valence-corrected chi connectivity index (χ4v) is 6.64. The van der Waals surface area contributed by atoms with Crippen LogP contribution in [0.25, 0.3) is 0 Å². The molecule has 0 aliphatic rings. The first kappa shape index (κ1) is 41.6. The quantitative estimate of drug-likeness (QED) is 0.0382. The summed E-state index contributed by atoms with van der Waals surface area (Å²) in [7, 11) is 0.945. The van der Waals surface area contributed by atoms with Crippen LogP contribution in [0.4, 0.5) is 0 Å². The monoisotopic (exact) mass is 624 g/mol. The summed E-state index contributed by atoms with van der Waals surface area (Å²) in [4.78, 5) is 0. The van der Waals surface area contributed by atoms with Crippen molar-refractivity contribution in [3.63, 3.8) is 0 Å². The molecule has 1 unspecified atom stereocenters. The van der Waals surface area contributed by atoms with E-state index in [1.807, 2.05) is 0 Å². The van der Waals surface area contributed by atoms with Crippen molar-refractivity contribution >= 4 is 26.3 Å². The zero-order valence-electron chi connectivity index (χ0n) is 28.6. The molecule has 0 fully saturated rings. The van der Waals surface area contributed by atoms with Crippen LogP contribution in [0, 0.1) is 20.8 Å². The van der Waals surface area contributed by atoms with Crippen molar-refractivity contribution in [3.05, 3.63) is 41.0 Å². The summed E-state index contributed by atoms with van der Waals surface area (Å²) in [6.45, 7) is 13.1. The molecule has 1 rings (SSSR count). The summed E-state index contributed by atoms with van der Waals surface area (Å²) in [5, 5.41) is 1.56. The van der Waals surface area contributed by atoms with Gasteiger partial charge in [0, 0.05) is 13.2 Å². The van der Waals surface area contributed by atoms with Gasteiger partial charge in [0.25, 0.3) is 0 Å². The normalized spacial score (nSPS) is 11.9. The highest BCUT2D eigenvalue weighted by Crippen LogP contribution is 2.20. The van der Waals surface area contributed by atoms with Crippen LogP contribution < -0.4 is 5.30 Å². The highest BCUT2D eigenvalue weighted by molar-refractivity contribution is 7.47. The van der Waals surface area contributed by atoms with E-state index in [9.17, 15) is 0 Å². The molecule has 0 N–H and O–H groups in total. The molecule has 1 atom stereocenters. The van der Waals surface area contributed by atoms with E-state index in [0.717, 1.165) is 28.2 Å². The van der Waals surface area contributed by atoms with Crippen LogP contribution in [-0.4, -0.2) is 25.7 Å².